The topological polar surface area (TPSA) is 23.6 Å². The minimum Gasteiger partial charge on any atom is -0.301 e. The van der Waals surface area contributed by atoms with Gasteiger partial charge in [-0.15, -0.1) is 0 Å². The maximum Gasteiger partial charge on any atom is 0.177 e. The second kappa shape index (κ2) is 6.51. The minimum absolute atomic E-state index is 0.252. The molecule has 1 atom stereocenters. The zero-order valence-corrected chi connectivity index (χ0v) is 13.1. The molecular weight excluding hydrogens is 248 g/mol. The third kappa shape index (κ3) is 3.47. The van der Waals surface area contributed by atoms with Crippen molar-refractivity contribution in [1.82, 2.24) is 9.80 Å². The number of ketones is 1. The monoisotopic (exact) mass is 274 g/mol. The van der Waals surface area contributed by atoms with E-state index in [1.54, 1.807) is 0 Å². The first-order valence-corrected chi connectivity index (χ1v) is 7.54. The molecule has 0 bridgehead atoms. The smallest absolute Gasteiger partial charge is 0.177 e. The van der Waals surface area contributed by atoms with Crippen LogP contribution in [0, 0.1) is 13.8 Å². The van der Waals surface area contributed by atoms with E-state index in [1.165, 1.54) is 5.56 Å². The molecular formula is C17H26N2O. The molecule has 1 heterocycles. The summed E-state index contributed by atoms with van der Waals surface area (Å²) in [6.45, 7) is 9.91. The molecule has 1 unspecified atom stereocenters. The number of rotatable bonds is 4. The Hall–Kier alpha value is -1.19. The molecule has 1 fully saturated rings. The number of carbonyl (C=O) groups excluding carboxylic acids is 1. The Morgan fingerprint density at radius 2 is 2.05 bits per heavy atom. The van der Waals surface area contributed by atoms with Crippen molar-refractivity contribution in [3.05, 3.63) is 34.9 Å². The summed E-state index contributed by atoms with van der Waals surface area (Å²) in [5.74, 6) is 0.252. The molecule has 0 N–H and O–H groups in total. The third-order valence-corrected chi connectivity index (χ3v) is 4.38. The summed E-state index contributed by atoms with van der Waals surface area (Å²) in [5.41, 5.74) is 3.18. The predicted molar refractivity (Wildman–Crippen MR) is 83.4 cm³/mol. The average molecular weight is 274 g/mol. The van der Waals surface area contributed by atoms with Gasteiger partial charge in [0.25, 0.3) is 0 Å². The maximum atomic E-state index is 12.5. The number of nitrogens with zero attached hydrogens (tertiary/aromatic N) is 2. The Morgan fingerprint density at radius 3 is 2.70 bits per heavy atom. The van der Waals surface area contributed by atoms with Crippen LogP contribution < -0.4 is 0 Å². The van der Waals surface area contributed by atoms with Gasteiger partial charge < -0.3 is 4.90 Å². The van der Waals surface area contributed by atoms with Gasteiger partial charge >= 0.3 is 0 Å². The summed E-state index contributed by atoms with van der Waals surface area (Å²) in [4.78, 5) is 17.2. The van der Waals surface area contributed by atoms with Crippen LogP contribution in [-0.2, 0) is 0 Å². The lowest BCUT2D eigenvalue weighted by Gasteiger charge is -2.38. The van der Waals surface area contributed by atoms with Crippen molar-refractivity contribution in [3.63, 3.8) is 0 Å². The second-order valence-corrected chi connectivity index (χ2v) is 6.02. The lowest BCUT2D eigenvalue weighted by molar-refractivity contribution is 0.0742. The molecule has 1 aromatic rings. The van der Waals surface area contributed by atoms with E-state index in [2.05, 4.69) is 36.8 Å². The van der Waals surface area contributed by atoms with Gasteiger partial charge in [-0.3, -0.25) is 9.69 Å². The van der Waals surface area contributed by atoms with E-state index in [1.807, 2.05) is 19.1 Å². The highest BCUT2D eigenvalue weighted by Crippen LogP contribution is 2.14. The van der Waals surface area contributed by atoms with Crippen LogP contribution in [0.3, 0.4) is 0 Å². The normalized spacial score (nSPS) is 21.1. The fourth-order valence-electron chi connectivity index (χ4n) is 3.01. The largest absolute Gasteiger partial charge is 0.301 e. The number of likely N-dealkylation sites (N-methyl/N-ethyl adjacent to an activating group) is 1. The second-order valence-electron chi connectivity index (χ2n) is 6.02. The molecule has 0 aliphatic carbocycles. The molecule has 3 nitrogen and oxygen atoms in total. The molecule has 20 heavy (non-hydrogen) atoms. The van der Waals surface area contributed by atoms with Gasteiger partial charge in [-0.05, 0) is 32.9 Å². The number of carbonyl (C=O) groups is 1. The molecule has 1 aromatic carbocycles. The van der Waals surface area contributed by atoms with E-state index in [0.29, 0.717) is 12.6 Å². The predicted octanol–water partition coefficient (Wildman–Crippen LogP) is 2.51. The highest BCUT2D eigenvalue weighted by Gasteiger charge is 2.24. The first-order valence-electron chi connectivity index (χ1n) is 7.54. The number of Topliss-reactive ketones (excluding diaryl/α,β-unsaturated/α-hetero) is 1. The van der Waals surface area contributed by atoms with E-state index in [9.17, 15) is 4.79 Å². The van der Waals surface area contributed by atoms with Crippen molar-refractivity contribution < 1.29 is 4.79 Å². The fourth-order valence-corrected chi connectivity index (χ4v) is 3.01. The summed E-state index contributed by atoms with van der Waals surface area (Å²) < 4.78 is 0. The molecule has 0 aromatic heterocycles. The number of hydrogen-bond acceptors (Lipinski definition) is 3. The standard InChI is InChI=1S/C17H26N2O/c1-5-15-11-19(9-8-18(15)4)12-17(20)16-7-6-13(2)10-14(16)3/h6-7,10,15H,5,8-9,11-12H2,1-4H3. The molecule has 0 radical (unpaired) electrons. The fraction of sp³-hybridized carbons (Fsp3) is 0.588. The Bertz CT molecular complexity index is 484. The molecule has 3 heteroatoms. The maximum absolute atomic E-state index is 12.5. The molecule has 1 aliphatic rings. The van der Waals surface area contributed by atoms with Crippen molar-refractivity contribution in [3.8, 4) is 0 Å². The Balaban J connectivity index is 2.01. The number of aryl methyl sites for hydroxylation is 2. The highest BCUT2D eigenvalue weighted by atomic mass is 16.1. The van der Waals surface area contributed by atoms with Crippen LogP contribution >= 0.6 is 0 Å². The van der Waals surface area contributed by atoms with Crippen LogP contribution in [0.5, 0.6) is 0 Å². The van der Waals surface area contributed by atoms with Crippen molar-refractivity contribution in [2.24, 2.45) is 0 Å². The molecule has 0 saturated carbocycles. The van der Waals surface area contributed by atoms with Crippen molar-refractivity contribution in [2.75, 3.05) is 33.2 Å². The van der Waals surface area contributed by atoms with E-state index < -0.39 is 0 Å². The van der Waals surface area contributed by atoms with Gasteiger partial charge in [0.1, 0.15) is 0 Å². The summed E-state index contributed by atoms with van der Waals surface area (Å²) in [5, 5.41) is 0. The van der Waals surface area contributed by atoms with Crippen molar-refractivity contribution in [1.29, 1.82) is 0 Å². The van der Waals surface area contributed by atoms with Gasteiger partial charge in [-0.2, -0.15) is 0 Å². The zero-order valence-electron chi connectivity index (χ0n) is 13.1. The number of piperazine rings is 1. The number of hydrogen-bond donors (Lipinski definition) is 0. The van der Waals surface area contributed by atoms with Gasteiger partial charge in [0.05, 0.1) is 6.54 Å². The van der Waals surface area contributed by atoms with Gasteiger partial charge in [0, 0.05) is 31.2 Å². The van der Waals surface area contributed by atoms with Crippen LogP contribution in [-0.4, -0.2) is 54.9 Å². The molecule has 0 spiro atoms. The van der Waals surface area contributed by atoms with Crippen LogP contribution in [0.4, 0.5) is 0 Å². The first kappa shape index (κ1) is 15.2. The average Bonchev–Trinajstić information content (AvgIpc) is 2.40. The first-order chi connectivity index (χ1) is 9.51. The molecule has 0 amide bonds. The van der Waals surface area contributed by atoms with Gasteiger partial charge in [0.2, 0.25) is 0 Å². The molecule has 1 saturated heterocycles. The van der Waals surface area contributed by atoms with Crippen LogP contribution in [0.15, 0.2) is 18.2 Å². The van der Waals surface area contributed by atoms with Crippen molar-refractivity contribution >= 4 is 5.78 Å². The SMILES string of the molecule is CCC1CN(CC(=O)c2ccc(C)cc2C)CCN1C. The summed E-state index contributed by atoms with van der Waals surface area (Å²) in [7, 11) is 2.18. The van der Waals surface area contributed by atoms with E-state index in [4.69, 9.17) is 0 Å². The molecule has 1 aliphatic heterocycles. The Kier molecular flexibility index (Phi) is 4.95. The van der Waals surface area contributed by atoms with E-state index in [0.717, 1.165) is 37.2 Å². The minimum atomic E-state index is 0.252. The summed E-state index contributed by atoms with van der Waals surface area (Å²) in [6, 6.07) is 6.67. The van der Waals surface area contributed by atoms with Crippen LogP contribution in [0.2, 0.25) is 0 Å². The highest BCUT2D eigenvalue weighted by molar-refractivity contribution is 5.99. The molecule has 110 valence electrons. The van der Waals surface area contributed by atoms with Crippen LogP contribution in [0.1, 0.15) is 34.8 Å². The summed E-state index contributed by atoms with van der Waals surface area (Å²) in [6.07, 6.45) is 1.14. The Labute approximate surface area is 122 Å². The van der Waals surface area contributed by atoms with Crippen molar-refractivity contribution in [2.45, 2.75) is 33.2 Å². The van der Waals surface area contributed by atoms with Crippen LogP contribution in [0.25, 0.3) is 0 Å². The Morgan fingerprint density at radius 1 is 1.30 bits per heavy atom. The van der Waals surface area contributed by atoms with Gasteiger partial charge in [0.15, 0.2) is 5.78 Å². The molecule has 2 rings (SSSR count). The third-order valence-electron chi connectivity index (χ3n) is 4.38. The van der Waals surface area contributed by atoms with Gasteiger partial charge in [-0.25, -0.2) is 0 Å². The van der Waals surface area contributed by atoms with E-state index in [-0.39, 0.29) is 5.78 Å². The number of benzene rings is 1. The lowest BCUT2D eigenvalue weighted by atomic mass is 10.0. The van der Waals surface area contributed by atoms with Gasteiger partial charge in [-0.1, -0.05) is 30.7 Å². The zero-order chi connectivity index (χ0) is 14.7. The lowest BCUT2D eigenvalue weighted by Crippen LogP contribution is -2.52. The summed E-state index contributed by atoms with van der Waals surface area (Å²) >= 11 is 0. The van der Waals surface area contributed by atoms with E-state index >= 15 is 0 Å². The quantitative estimate of drug-likeness (QED) is 0.788.